The van der Waals surface area contributed by atoms with Gasteiger partial charge in [0.05, 0.1) is 17.1 Å². The van der Waals surface area contributed by atoms with Crippen molar-refractivity contribution in [3.05, 3.63) is 29.6 Å². The molecule has 1 rings (SSSR count). The summed E-state index contributed by atoms with van der Waals surface area (Å²) in [6.07, 6.45) is 0. The van der Waals surface area contributed by atoms with Crippen LogP contribution in [0.3, 0.4) is 0 Å². The first-order chi connectivity index (χ1) is 8.75. The number of benzene rings is 1. The Balaban J connectivity index is 2.94. The number of rotatable bonds is 5. The van der Waals surface area contributed by atoms with E-state index < -0.39 is 25.7 Å². The third kappa shape index (κ3) is 4.45. The third-order valence-electron chi connectivity index (χ3n) is 2.26. The topological polar surface area (TPSA) is 72.5 Å². The first-order valence-corrected chi connectivity index (χ1v) is 7.60. The maximum Gasteiger partial charge on any atom is 0.261 e. The molecule has 0 bridgehead atoms. The van der Waals surface area contributed by atoms with E-state index in [1.54, 1.807) is 6.92 Å². The molecular weight excluding hydrogens is 297 g/mol. The van der Waals surface area contributed by atoms with E-state index in [4.69, 9.17) is 15.4 Å². The summed E-state index contributed by atoms with van der Waals surface area (Å²) in [5.74, 6) is -1.61. The summed E-state index contributed by atoms with van der Waals surface area (Å²) in [6.45, 7) is 1.97. The molecule has 1 N–H and O–H groups in total. The number of nitrogens with one attached hydrogen (secondary N) is 1. The second-order valence-corrected chi connectivity index (χ2v) is 6.48. The number of amides is 1. The molecule has 0 aliphatic heterocycles. The lowest BCUT2D eigenvalue weighted by Gasteiger charge is -2.13. The van der Waals surface area contributed by atoms with E-state index in [0.717, 1.165) is 12.1 Å². The number of carbonyl (C=O) groups excluding carboxylic acids is 1. The highest BCUT2D eigenvalue weighted by Crippen LogP contribution is 2.18. The Hall–Kier alpha value is -1.18. The van der Waals surface area contributed by atoms with Crippen LogP contribution in [0.1, 0.15) is 17.3 Å². The molecule has 0 aliphatic carbocycles. The molecule has 106 valence electrons. The Morgan fingerprint density at radius 3 is 2.63 bits per heavy atom. The Morgan fingerprint density at radius 2 is 2.16 bits per heavy atom. The van der Waals surface area contributed by atoms with Crippen LogP contribution in [0.25, 0.3) is 0 Å². The largest absolute Gasteiger partial charge is 0.383 e. The molecule has 0 fully saturated rings. The van der Waals surface area contributed by atoms with Gasteiger partial charge in [-0.2, -0.15) is 0 Å². The summed E-state index contributed by atoms with van der Waals surface area (Å²) in [6, 6.07) is 2.55. The van der Waals surface area contributed by atoms with Crippen molar-refractivity contribution in [2.24, 2.45) is 0 Å². The molecule has 1 unspecified atom stereocenters. The van der Waals surface area contributed by atoms with E-state index in [-0.39, 0.29) is 18.2 Å². The first-order valence-electron chi connectivity index (χ1n) is 5.29. The van der Waals surface area contributed by atoms with E-state index >= 15 is 0 Å². The summed E-state index contributed by atoms with van der Waals surface area (Å²) in [5.41, 5.74) is -0.257. The van der Waals surface area contributed by atoms with Crippen molar-refractivity contribution in [1.82, 2.24) is 5.32 Å². The van der Waals surface area contributed by atoms with Gasteiger partial charge in [-0.25, -0.2) is 12.8 Å². The van der Waals surface area contributed by atoms with Gasteiger partial charge in [-0.05, 0) is 25.1 Å². The second-order valence-electron chi connectivity index (χ2n) is 3.91. The Kier molecular flexibility index (Phi) is 5.28. The van der Waals surface area contributed by atoms with Crippen LogP contribution in [0.15, 0.2) is 23.1 Å². The van der Waals surface area contributed by atoms with Gasteiger partial charge >= 0.3 is 0 Å². The highest BCUT2D eigenvalue weighted by Gasteiger charge is 2.18. The van der Waals surface area contributed by atoms with Gasteiger partial charge in [-0.1, -0.05) is 0 Å². The summed E-state index contributed by atoms with van der Waals surface area (Å²) in [5, 5.41) is 2.51. The van der Waals surface area contributed by atoms with E-state index in [2.05, 4.69) is 5.32 Å². The fourth-order valence-electron chi connectivity index (χ4n) is 1.42. The maximum atomic E-state index is 13.7. The molecule has 8 heteroatoms. The molecule has 0 saturated heterocycles. The van der Waals surface area contributed by atoms with Crippen molar-refractivity contribution in [1.29, 1.82) is 0 Å². The number of hydrogen-bond acceptors (Lipinski definition) is 4. The molecule has 19 heavy (non-hydrogen) atoms. The SMILES string of the molecule is COCC(C)NC(=O)c1ccc(S(=O)(=O)Cl)cc1F. The van der Waals surface area contributed by atoms with Gasteiger partial charge in [0.2, 0.25) is 0 Å². The van der Waals surface area contributed by atoms with Gasteiger partial charge < -0.3 is 10.1 Å². The molecule has 0 spiro atoms. The quantitative estimate of drug-likeness (QED) is 0.837. The van der Waals surface area contributed by atoms with Crippen LogP contribution >= 0.6 is 10.7 Å². The molecular formula is C11H13ClFNO4S. The highest BCUT2D eigenvalue weighted by molar-refractivity contribution is 8.13. The van der Waals surface area contributed by atoms with Gasteiger partial charge in [0.15, 0.2) is 0 Å². The Bertz CT molecular complexity index is 576. The number of halogens is 2. The van der Waals surface area contributed by atoms with Crippen LogP contribution in [0.5, 0.6) is 0 Å². The van der Waals surface area contributed by atoms with Gasteiger partial charge in [0.25, 0.3) is 15.0 Å². The van der Waals surface area contributed by atoms with Crippen LogP contribution in [-0.2, 0) is 13.8 Å². The fourth-order valence-corrected chi connectivity index (χ4v) is 2.19. The first kappa shape index (κ1) is 15.9. The highest BCUT2D eigenvalue weighted by atomic mass is 35.7. The van der Waals surface area contributed by atoms with Crippen molar-refractivity contribution in [3.63, 3.8) is 0 Å². The molecule has 0 aliphatic rings. The summed E-state index contributed by atoms with van der Waals surface area (Å²) in [4.78, 5) is 11.3. The zero-order valence-corrected chi connectivity index (χ0v) is 11.9. The van der Waals surface area contributed by atoms with E-state index in [1.165, 1.54) is 7.11 Å². The van der Waals surface area contributed by atoms with Gasteiger partial charge in [0.1, 0.15) is 5.82 Å². The minimum Gasteiger partial charge on any atom is -0.383 e. The van der Waals surface area contributed by atoms with Crippen molar-refractivity contribution >= 4 is 25.6 Å². The number of ether oxygens (including phenoxy) is 1. The zero-order valence-electron chi connectivity index (χ0n) is 10.3. The normalized spacial score (nSPS) is 13.1. The fraction of sp³-hybridized carbons (Fsp3) is 0.364. The van der Waals surface area contributed by atoms with Gasteiger partial charge in [-0.3, -0.25) is 4.79 Å². The predicted molar refractivity (Wildman–Crippen MR) is 68.2 cm³/mol. The van der Waals surface area contributed by atoms with E-state index in [9.17, 15) is 17.6 Å². The minimum absolute atomic E-state index is 0.257. The van der Waals surface area contributed by atoms with Crippen molar-refractivity contribution < 1.29 is 22.3 Å². The average Bonchev–Trinajstić information content (AvgIpc) is 2.27. The van der Waals surface area contributed by atoms with E-state index in [1.807, 2.05) is 0 Å². The monoisotopic (exact) mass is 309 g/mol. The zero-order chi connectivity index (χ0) is 14.6. The molecule has 1 amide bonds. The molecule has 1 aromatic carbocycles. The summed E-state index contributed by atoms with van der Waals surface area (Å²) >= 11 is 0. The summed E-state index contributed by atoms with van der Waals surface area (Å²) in [7, 11) is 2.53. The lowest BCUT2D eigenvalue weighted by atomic mass is 10.2. The van der Waals surface area contributed by atoms with Crippen molar-refractivity contribution in [2.45, 2.75) is 17.9 Å². The number of carbonyl (C=O) groups is 1. The standard InChI is InChI=1S/C11H13ClFNO4S/c1-7(6-18-2)14-11(15)9-4-3-8(5-10(9)13)19(12,16)17/h3-5,7H,6H2,1-2H3,(H,14,15). The molecule has 0 radical (unpaired) electrons. The molecule has 0 saturated carbocycles. The lowest BCUT2D eigenvalue weighted by Crippen LogP contribution is -2.36. The van der Waals surface area contributed by atoms with Gasteiger partial charge in [-0.15, -0.1) is 0 Å². The summed E-state index contributed by atoms with van der Waals surface area (Å²) < 4.78 is 40.5. The molecule has 0 heterocycles. The average molecular weight is 310 g/mol. The van der Waals surface area contributed by atoms with Crippen LogP contribution in [0, 0.1) is 5.82 Å². The Morgan fingerprint density at radius 1 is 1.53 bits per heavy atom. The van der Waals surface area contributed by atoms with Crippen LogP contribution in [0.2, 0.25) is 0 Å². The van der Waals surface area contributed by atoms with Crippen LogP contribution in [-0.4, -0.2) is 34.1 Å². The number of hydrogen-bond donors (Lipinski definition) is 1. The third-order valence-corrected chi connectivity index (χ3v) is 3.61. The molecule has 1 aromatic rings. The molecule has 1 atom stereocenters. The number of methoxy groups -OCH3 is 1. The van der Waals surface area contributed by atoms with Gasteiger partial charge in [0, 0.05) is 23.8 Å². The smallest absolute Gasteiger partial charge is 0.261 e. The molecule has 5 nitrogen and oxygen atoms in total. The predicted octanol–water partition coefficient (Wildman–Crippen LogP) is 1.52. The van der Waals surface area contributed by atoms with E-state index in [0.29, 0.717) is 6.07 Å². The lowest BCUT2D eigenvalue weighted by molar-refractivity contribution is 0.0901. The van der Waals surface area contributed by atoms with Crippen molar-refractivity contribution in [2.75, 3.05) is 13.7 Å². The van der Waals surface area contributed by atoms with Crippen LogP contribution in [0.4, 0.5) is 4.39 Å². The Labute approximate surface area is 115 Å². The maximum absolute atomic E-state index is 13.7. The minimum atomic E-state index is -4.02. The van der Waals surface area contributed by atoms with Crippen LogP contribution < -0.4 is 5.32 Å². The molecule has 0 aromatic heterocycles. The van der Waals surface area contributed by atoms with Crippen molar-refractivity contribution in [3.8, 4) is 0 Å². The second kappa shape index (κ2) is 6.31.